The zero-order valence-corrected chi connectivity index (χ0v) is 18.0. The van der Waals surface area contributed by atoms with Gasteiger partial charge in [0.05, 0.1) is 25.1 Å². The fourth-order valence-electron chi connectivity index (χ4n) is 3.26. The number of carbonyl (C=O) groups excluding carboxylic acids is 1. The molecule has 0 radical (unpaired) electrons. The number of sulfonamides is 1. The summed E-state index contributed by atoms with van der Waals surface area (Å²) in [5.41, 5.74) is 3.64. The second-order valence-corrected chi connectivity index (χ2v) is 8.88. The normalized spacial score (nSPS) is 13.5. The molecule has 28 heavy (non-hydrogen) atoms. The number of anilines is 1. The number of hydrogen-bond acceptors (Lipinski definition) is 4. The molecule has 2 rings (SSSR count). The first-order valence-corrected chi connectivity index (χ1v) is 10.9. The maximum absolute atomic E-state index is 12.8. The molecular formula is C21H28N2O4S. The van der Waals surface area contributed by atoms with Crippen LogP contribution in [0.1, 0.15) is 36.6 Å². The number of rotatable bonds is 7. The van der Waals surface area contributed by atoms with E-state index < -0.39 is 16.1 Å². The van der Waals surface area contributed by atoms with E-state index in [1.165, 1.54) is 7.11 Å². The molecule has 0 bridgehead atoms. The molecule has 0 unspecified atom stereocenters. The Labute approximate surface area is 167 Å². The van der Waals surface area contributed by atoms with Crippen LogP contribution in [0.5, 0.6) is 5.75 Å². The monoisotopic (exact) mass is 404 g/mol. The van der Waals surface area contributed by atoms with Crippen LogP contribution in [0.15, 0.2) is 42.5 Å². The van der Waals surface area contributed by atoms with Gasteiger partial charge in [0.2, 0.25) is 15.9 Å². The number of hydrogen-bond donors (Lipinski definition) is 1. The summed E-state index contributed by atoms with van der Waals surface area (Å²) >= 11 is 0. The lowest BCUT2D eigenvalue weighted by Gasteiger charge is -2.29. The summed E-state index contributed by atoms with van der Waals surface area (Å²) in [5.74, 6) is 0.242. The zero-order valence-electron chi connectivity index (χ0n) is 17.2. The summed E-state index contributed by atoms with van der Waals surface area (Å²) in [6, 6.07) is 11.5. The van der Waals surface area contributed by atoms with Crippen LogP contribution in [-0.4, -0.2) is 33.7 Å². The fourth-order valence-corrected chi connectivity index (χ4v) is 4.44. The van der Waals surface area contributed by atoms with Crippen LogP contribution in [0.4, 0.5) is 5.69 Å². The average molecular weight is 405 g/mol. The van der Waals surface area contributed by atoms with Crippen LogP contribution < -0.4 is 14.4 Å². The molecule has 1 N–H and O–H groups in total. The van der Waals surface area contributed by atoms with Gasteiger partial charge in [-0.05, 0) is 63.1 Å². The van der Waals surface area contributed by atoms with E-state index in [1.807, 2.05) is 32.9 Å². The molecule has 2 atom stereocenters. The van der Waals surface area contributed by atoms with E-state index in [4.69, 9.17) is 4.74 Å². The van der Waals surface area contributed by atoms with Gasteiger partial charge >= 0.3 is 0 Å². The summed E-state index contributed by atoms with van der Waals surface area (Å²) in [6.07, 6.45) is 1.09. The molecule has 0 fully saturated rings. The van der Waals surface area contributed by atoms with Gasteiger partial charge in [-0.3, -0.25) is 9.10 Å². The molecule has 2 aromatic rings. The minimum atomic E-state index is -3.66. The van der Waals surface area contributed by atoms with E-state index in [0.29, 0.717) is 11.4 Å². The summed E-state index contributed by atoms with van der Waals surface area (Å²) in [5, 5.41) is 2.93. The molecule has 0 saturated carbocycles. The van der Waals surface area contributed by atoms with Crippen LogP contribution >= 0.6 is 0 Å². The first-order valence-electron chi connectivity index (χ1n) is 9.05. The third kappa shape index (κ3) is 5.04. The van der Waals surface area contributed by atoms with Gasteiger partial charge in [0, 0.05) is 0 Å². The predicted molar refractivity (Wildman–Crippen MR) is 112 cm³/mol. The summed E-state index contributed by atoms with van der Waals surface area (Å²) in [6.45, 7) is 7.48. The highest BCUT2D eigenvalue weighted by molar-refractivity contribution is 7.92. The van der Waals surface area contributed by atoms with Crippen molar-refractivity contribution in [3.8, 4) is 5.75 Å². The van der Waals surface area contributed by atoms with Crippen molar-refractivity contribution in [1.29, 1.82) is 0 Å². The van der Waals surface area contributed by atoms with Crippen molar-refractivity contribution in [2.75, 3.05) is 17.7 Å². The lowest BCUT2D eigenvalue weighted by molar-refractivity contribution is -0.122. The second-order valence-electron chi connectivity index (χ2n) is 7.02. The van der Waals surface area contributed by atoms with E-state index in [2.05, 4.69) is 11.4 Å². The Morgan fingerprint density at radius 2 is 1.68 bits per heavy atom. The molecule has 0 spiro atoms. The van der Waals surface area contributed by atoms with Gasteiger partial charge in [0.1, 0.15) is 11.8 Å². The van der Waals surface area contributed by atoms with Crippen LogP contribution in [0.25, 0.3) is 0 Å². The maximum atomic E-state index is 12.8. The van der Waals surface area contributed by atoms with Crippen LogP contribution in [0.2, 0.25) is 0 Å². The van der Waals surface area contributed by atoms with Gasteiger partial charge in [-0.1, -0.05) is 23.8 Å². The number of nitrogens with zero attached hydrogens (tertiary/aromatic N) is 1. The topological polar surface area (TPSA) is 75.7 Å². The predicted octanol–water partition coefficient (Wildman–Crippen LogP) is 3.34. The van der Waals surface area contributed by atoms with Gasteiger partial charge in [-0.25, -0.2) is 8.42 Å². The quantitative estimate of drug-likeness (QED) is 0.768. The molecular weight excluding hydrogens is 376 g/mol. The van der Waals surface area contributed by atoms with E-state index in [0.717, 1.165) is 27.3 Å². The molecule has 2 aromatic carbocycles. The molecule has 0 aromatic heterocycles. The Hall–Kier alpha value is -2.54. The maximum Gasteiger partial charge on any atom is 0.244 e. The van der Waals surface area contributed by atoms with Crippen molar-refractivity contribution in [3.63, 3.8) is 0 Å². The number of amides is 1. The van der Waals surface area contributed by atoms with Gasteiger partial charge < -0.3 is 10.1 Å². The van der Waals surface area contributed by atoms with Gasteiger partial charge in [-0.2, -0.15) is 0 Å². The SMILES string of the molecule is COc1ccc(N([C@H](C)C(=O)N[C@@H](C)c2ccc(C)cc2C)S(C)(=O)=O)cc1. The highest BCUT2D eigenvalue weighted by Gasteiger charge is 2.30. The largest absolute Gasteiger partial charge is 0.497 e. The standard InChI is InChI=1S/C21H28N2O4S/c1-14-7-12-20(15(2)13-14)16(3)22-21(24)17(4)23(28(6,25)26)18-8-10-19(27-5)11-9-18/h7-13,16-17H,1-6H3,(H,22,24)/t16-,17+/m0/s1. The Bertz CT molecular complexity index is 939. The summed E-state index contributed by atoms with van der Waals surface area (Å²) in [4.78, 5) is 12.8. The van der Waals surface area contributed by atoms with Gasteiger partial charge in [0.15, 0.2) is 0 Å². The van der Waals surface area contributed by atoms with E-state index >= 15 is 0 Å². The molecule has 152 valence electrons. The molecule has 0 aliphatic carbocycles. The van der Waals surface area contributed by atoms with Crippen molar-refractivity contribution in [3.05, 3.63) is 59.2 Å². The number of ether oxygens (including phenoxy) is 1. The number of methoxy groups -OCH3 is 1. The van der Waals surface area contributed by atoms with Crippen molar-refractivity contribution in [1.82, 2.24) is 5.32 Å². The fraction of sp³-hybridized carbons (Fsp3) is 0.381. The molecule has 0 heterocycles. The number of aryl methyl sites for hydroxylation is 2. The molecule has 1 amide bonds. The minimum Gasteiger partial charge on any atom is -0.497 e. The highest BCUT2D eigenvalue weighted by Crippen LogP contribution is 2.25. The highest BCUT2D eigenvalue weighted by atomic mass is 32.2. The molecule has 7 heteroatoms. The van der Waals surface area contributed by atoms with E-state index in [-0.39, 0.29) is 11.9 Å². The molecule has 0 aliphatic heterocycles. The average Bonchev–Trinajstić information content (AvgIpc) is 2.61. The summed E-state index contributed by atoms with van der Waals surface area (Å²) in [7, 11) is -2.13. The molecule has 6 nitrogen and oxygen atoms in total. The number of benzene rings is 2. The van der Waals surface area contributed by atoms with Crippen LogP contribution in [-0.2, 0) is 14.8 Å². The first kappa shape index (κ1) is 21.8. The van der Waals surface area contributed by atoms with Gasteiger partial charge in [-0.15, -0.1) is 0 Å². The van der Waals surface area contributed by atoms with Gasteiger partial charge in [0.25, 0.3) is 0 Å². The van der Waals surface area contributed by atoms with E-state index in [1.54, 1.807) is 31.2 Å². The first-order chi connectivity index (χ1) is 13.0. The van der Waals surface area contributed by atoms with Crippen molar-refractivity contribution in [2.24, 2.45) is 0 Å². The minimum absolute atomic E-state index is 0.243. The smallest absolute Gasteiger partial charge is 0.244 e. The third-order valence-electron chi connectivity index (χ3n) is 4.67. The van der Waals surface area contributed by atoms with Crippen molar-refractivity contribution in [2.45, 2.75) is 39.8 Å². The van der Waals surface area contributed by atoms with Crippen molar-refractivity contribution >= 4 is 21.6 Å². The summed E-state index contributed by atoms with van der Waals surface area (Å²) < 4.78 is 31.0. The zero-order chi connectivity index (χ0) is 21.1. The Balaban J connectivity index is 2.25. The lowest BCUT2D eigenvalue weighted by atomic mass is 10.00. The molecule has 0 saturated heterocycles. The number of nitrogens with one attached hydrogen (secondary N) is 1. The Kier molecular flexibility index (Phi) is 6.72. The van der Waals surface area contributed by atoms with E-state index in [9.17, 15) is 13.2 Å². The molecule has 0 aliphatic rings. The third-order valence-corrected chi connectivity index (χ3v) is 5.91. The Morgan fingerprint density at radius 3 is 2.18 bits per heavy atom. The lowest BCUT2D eigenvalue weighted by Crippen LogP contribution is -2.48. The Morgan fingerprint density at radius 1 is 1.07 bits per heavy atom. The van der Waals surface area contributed by atoms with Crippen LogP contribution in [0.3, 0.4) is 0 Å². The van der Waals surface area contributed by atoms with Crippen LogP contribution in [0, 0.1) is 13.8 Å². The second kappa shape index (κ2) is 8.65. The van der Waals surface area contributed by atoms with Crippen molar-refractivity contribution < 1.29 is 17.9 Å². The number of carbonyl (C=O) groups is 1.